The summed E-state index contributed by atoms with van der Waals surface area (Å²) in [6.45, 7) is 2.26. The second-order valence-corrected chi connectivity index (χ2v) is 9.49. The smallest absolute Gasteiger partial charge is 0.169 e. The van der Waals surface area contributed by atoms with E-state index in [-0.39, 0.29) is 11.3 Å². The zero-order valence-electron chi connectivity index (χ0n) is 17.5. The average Bonchev–Trinajstić information content (AvgIpc) is 2.73. The first-order valence-corrected chi connectivity index (χ1v) is 11.6. The third-order valence-corrected chi connectivity index (χ3v) is 7.67. The fourth-order valence-electron chi connectivity index (χ4n) is 6.03. The van der Waals surface area contributed by atoms with Crippen molar-refractivity contribution in [1.29, 1.82) is 0 Å². The van der Waals surface area contributed by atoms with Crippen LogP contribution in [0.5, 0.6) is 0 Å². The molecule has 0 aromatic heterocycles. The van der Waals surface area contributed by atoms with Gasteiger partial charge in [-0.25, -0.2) is 13.2 Å². The van der Waals surface area contributed by atoms with Gasteiger partial charge in [-0.15, -0.1) is 0 Å². The van der Waals surface area contributed by atoms with Crippen molar-refractivity contribution in [3.8, 4) is 0 Å². The van der Waals surface area contributed by atoms with Gasteiger partial charge in [0, 0.05) is 0 Å². The number of benzene rings is 2. The van der Waals surface area contributed by atoms with E-state index in [2.05, 4.69) is 6.92 Å². The molecule has 0 aliphatic heterocycles. The predicted molar refractivity (Wildman–Crippen MR) is 113 cm³/mol. The van der Waals surface area contributed by atoms with Crippen molar-refractivity contribution in [2.75, 3.05) is 0 Å². The minimum atomic E-state index is -1.06. The summed E-state index contributed by atoms with van der Waals surface area (Å²) in [6, 6.07) is 6.08. The van der Waals surface area contributed by atoms with Crippen LogP contribution in [-0.4, -0.2) is 0 Å². The second-order valence-electron chi connectivity index (χ2n) is 9.49. The lowest BCUT2D eigenvalue weighted by atomic mass is 9.63. The molecule has 4 rings (SSSR count). The van der Waals surface area contributed by atoms with Crippen molar-refractivity contribution in [2.45, 2.75) is 83.5 Å². The second kappa shape index (κ2) is 9.10. The molecule has 0 heterocycles. The van der Waals surface area contributed by atoms with Crippen LogP contribution in [0.2, 0.25) is 0 Å². The number of halogens is 3. The maximum atomic E-state index is 15.2. The van der Waals surface area contributed by atoms with Crippen molar-refractivity contribution >= 4 is 10.8 Å². The van der Waals surface area contributed by atoms with E-state index >= 15 is 4.39 Å². The van der Waals surface area contributed by atoms with Crippen molar-refractivity contribution in [3.63, 3.8) is 0 Å². The molecular weight excluding hydrogens is 369 g/mol. The monoisotopic (exact) mass is 402 g/mol. The van der Waals surface area contributed by atoms with Crippen LogP contribution >= 0.6 is 0 Å². The van der Waals surface area contributed by atoms with E-state index in [0.29, 0.717) is 16.9 Å². The summed E-state index contributed by atoms with van der Waals surface area (Å²) < 4.78 is 43.1. The lowest BCUT2D eigenvalue weighted by Crippen LogP contribution is -2.30. The largest absolute Gasteiger partial charge is 0.206 e. The van der Waals surface area contributed by atoms with Crippen molar-refractivity contribution in [3.05, 3.63) is 47.3 Å². The van der Waals surface area contributed by atoms with E-state index in [9.17, 15) is 8.78 Å². The Bertz CT molecular complexity index is 843. The van der Waals surface area contributed by atoms with Gasteiger partial charge in [-0.1, -0.05) is 63.6 Å². The number of unbranched alkanes of at least 4 members (excludes halogenated alkanes) is 3. The molecule has 4 atom stereocenters. The molecule has 158 valence electrons. The van der Waals surface area contributed by atoms with E-state index < -0.39 is 17.5 Å². The highest BCUT2D eigenvalue weighted by Gasteiger charge is 2.36. The van der Waals surface area contributed by atoms with Crippen LogP contribution in [0.1, 0.15) is 89.0 Å². The third-order valence-electron chi connectivity index (χ3n) is 7.67. The fraction of sp³-hybridized carbons (Fsp3) is 0.615. The highest BCUT2D eigenvalue weighted by atomic mass is 19.2. The Labute approximate surface area is 172 Å². The molecule has 2 fully saturated rings. The molecule has 0 N–H and O–H groups in total. The van der Waals surface area contributed by atoms with Crippen LogP contribution in [-0.2, 0) is 0 Å². The van der Waals surface area contributed by atoms with Crippen LogP contribution in [0.4, 0.5) is 13.2 Å². The molecule has 2 aromatic carbocycles. The molecule has 4 unspecified atom stereocenters. The SMILES string of the molecule is CCCCCCC1CCC2CC(c3ccc4ccc(F)c(F)c4c3F)CCC2C1. The maximum absolute atomic E-state index is 15.2. The van der Waals surface area contributed by atoms with Gasteiger partial charge in [0.15, 0.2) is 11.6 Å². The average molecular weight is 403 g/mol. The van der Waals surface area contributed by atoms with Crippen molar-refractivity contribution in [2.24, 2.45) is 17.8 Å². The van der Waals surface area contributed by atoms with Gasteiger partial charge in [0.05, 0.1) is 5.39 Å². The Morgan fingerprint density at radius 3 is 2.38 bits per heavy atom. The van der Waals surface area contributed by atoms with Gasteiger partial charge in [0.25, 0.3) is 0 Å². The summed E-state index contributed by atoms with van der Waals surface area (Å²) in [5.41, 5.74) is 0.585. The minimum absolute atomic E-state index is 0.129. The zero-order chi connectivity index (χ0) is 20.4. The van der Waals surface area contributed by atoms with E-state index in [1.807, 2.05) is 0 Å². The highest BCUT2D eigenvalue weighted by Crippen LogP contribution is 2.49. The van der Waals surface area contributed by atoms with Gasteiger partial charge in [-0.05, 0) is 72.8 Å². The van der Waals surface area contributed by atoms with Crippen LogP contribution in [0, 0.1) is 35.2 Å². The summed E-state index contributed by atoms with van der Waals surface area (Å²) in [6.07, 6.45) is 13.7. The Balaban J connectivity index is 1.43. The molecule has 0 bridgehead atoms. The standard InChI is InChI=1S/C26H33F3/c1-2-3-4-5-6-17-7-8-20-16-21(10-9-19(20)15-17)22-13-11-18-12-14-23(27)26(29)24(18)25(22)28/h11-14,17,19-21H,2-10,15-16H2,1H3. The molecule has 3 heteroatoms. The molecule has 29 heavy (non-hydrogen) atoms. The van der Waals surface area contributed by atoms with Crippen molar-refractivity contribution < 1.29 is 13.2 Å². The summed E-state index contributed by atoms with van der Waals surface area (Å²) in [7, 11) is 0. The van der Waals surface area contributed by atoms with Gasteiger partial charge in [0.2, 0.25) is 0 Å². The van der Waals surface area contributed by atoms with Crippen LogP contribution in [0.3, 0.4) is 0 Å². The van der Waals surface area contributed by atoms with E-state index in [1.54, 1.807) is 12.1 Å². The third kappa shape index (κ3) is 4.34. The van der Waals surface area contributed by atoms with Crippen molar-refractivity contribution in [1.82, 2.24) is 0 Å². The van der Waals surface area contributed by atoms with Gasteiger partial charge in [-0.3, -0.25) is 0 Å². The molecule has 2 saturated carbocycles. The maximum Gasteiger partial charge on any atom is 0.169 e. The van der Waals surface area contributed by atoms with Crippen LogP contribution in [0.25, 0.3) is 10.8 Å². The first kappa shape index (κ1) is 20.8. The Kier molecular flexibility index (Phi) is 6.51. The minimum Gasteiger partial charge on any atom is -0.206 e. The van der Waals surface area contributed by atoms with E-state index in [4.69, 9.17) is 0 Å². The number of rotatable bonds is 6. The number of hydrogen-bond donors (Lipinski definition) is 0. The molecule has 2 aromatic rings. The topological polar surface area (TPSA) is 0 Å². The number of fused-ring (bicyclic) bond motifs is 2. The zero-order valence-corrected chi connectivity index (χ0v) is 17.5. The summed E-state index contributed by atoms with van der Waals surface area (Å²) in [5, 5.41) is 0.253. The summed E-state index contributed by atoms with van der Waals surface area (Å²) in [5.74, 6) is -0.147. The van der Waals surface area contributed by atoms with Gasteiger partial charge in [-0.2, -0.15) is 0 Å². The Hall–Kier alpha value is -1.51. The molecule has 0 amide bonds. The molecule has 0 spiro atoms. The first-order valence-electron chi connectivity index (χ1n) is 11.6. The normalized spacial score (nSPS) is 27.2. The highest BCUT2D eigenvalue weighted by molar-refractivity contribution is 5.84. The van der Waals surface area contributed by atoms with Crippen LogP contribution in [0.15, 0.2) is 24.3 Å². The molecular formula is C26H33F3. The molecule has 2 aliphatic rings. The van der Waals surface area contributed by atoms with Crippen LogP contribution < -0.4 is 0 Å². The van der Waals surface area contributed by atoms with E-state index in [0.717, 1.165) is 37.2 Å². The lowest BCUT2D eigenvalue weighted by molar-refractivity contribution is 0.112. The first-order chi connectivity index (χ1) is 14.1. The Morgan fingerprint density at radius 1 is 0.793 bits per heavy atom. The molecule has 0 radical (unpaired) electrons. The summed E-state index contributed by atoms with van der Waals surface area (Å²) >= 11 is 0. The van der Waals surface area contributed by atoms with Gasteiger partial charge < -0.3 is 0 Å². The van der Waals surface area contributed by atoms with Gasteiger partial charge in [0.1, 0.15) is 5.82 Å². The van der Waals surface area contributed by atoms with Gasteiger partial charge >= 0.3 is 0 Å². The quantitative estimate of drug-likeness (QED) is 0.425. The molecule has 0 saturated heterocycles. The lowest BCUT2D eigenvalue weighted by Gasteiger charge is -2.42. The predicted octanol–water partition coefficient (Wildman–Crippen LogP) is 8.53. The summed E-state index contributed by atoms with van der Waals surface area (Å²) in [4.78, 5) is 0. The number of hydrogen-bond acceptors (Lipinski definition) is 0. The Morgan fingerprint density at radius 2 is 1.55 bits per heavy atom. The molecule has 2 aliphatic carbocycles. The molecule has 0 nitrogen and oxygen atoms in total. The fourth-order valence-corrected chi connectivity index (χ4v) is 6.03. The van der Waals surface area contributed by atoms with E-state index in [1.165, 1.54) is 57.4 Å².